The second-order valence-corrected chi connectivity index (χ2v) is 5.08. The molecule has 0 amide bonds. The number of benzene rings is 1. The summed E-state index contributed by atoms with van der Waals surface area (Å²) in [5.41, 5.74) is 2.48. The molecule has 0 aliphatic heterocycles. The van der Waals surface area contributed by atoms with Gasteiger partial charge in [-0.05, 0) is 36.4 Å². The van der Waals surface area contributed by atoms with Crippen LogP contribution in [0.2, 0.25) is 5.02 Å². The van der Waals surface area contributed by atoms with Gasteiger partial charge < -0.3 is 10.1 Å². The largest absolute Gasteiger partial charge is 0.464 e. The number of rotatable bonds is 3. The fourth-order valence-corrected chi connectivity index (χ4v) is 2.25. The number of hydrogen-bond acceptors (Lipinski definition) is 5. The van der Waals surface area contributed by atoms with Gasteiger partial charge in [-0.3, -0.25) is 4.98 Å². The van der Waals surface area contributed by atoms with Crippen LogP contribution in [0.25, 0.3) is 11.0 Å². The molecule has 0 unspecified atom stereocenters. The molecule has 0 spiro atoms. The molecule has 0 saturated heterocycles. The Labute approximate surface area is 136 Å². The Kier molecular flexibility index (Phi) is 4.08. The Morgan fingerprint density at radius 2 is 2.09 bits per heavy atom. The van der Waals surface area contributed by atoms with Gasteiger partial charge in [-0.2, -0.15) is 0 Å². The monoisotopic (exact) mass is 331 g/mol. The number of esters is 1. The molecule has 0 fully saturated rings. The van der Waals surface area contributed by atoms with Crippen molar-refractivity contribution in [3.63, 3.8) is 0 Å². The Morgan fingerprint density at radius 3 is 2.83 bits per heavy atom. The van der Waals surface area contributed by atoms with Crippen molar-refractivity contribution in [1.29, 1.82) is 0 Å². The van der Waals surface area contributed by atoms with Crippen LogP contribution in [-0.4, -0.2) is 23.0 Å². The van der Waals surface area contributed by atoms with E-state index in [2.05, 4.69) is 20.0 Å². The third kappa shape index (κ3) is 3.07. The molecule has 5 nitrogen and oxygen atoms in total. The van der Waals surface area contributed by atoms with Gasteiger partial charge in [0.1, 0.15) is 17.0 Å². The van der Waals surface area contributed by atoms with Crippen LogP contribution in [0.5, 0.6) is 0 Å². The van der Waals surface area contributed by atoms with E-state index in [9.17, 15) is 9.18 Å². The number of methoxy groups -OCH3 is 1. The zero-order chi connectivity index (χ0) is 16.4. The first-order chi connectivity index (χ1) is 11.1. The Balaban J connectivity index is 2.05. The van der Waals surface area contributed by atoms with E-state index in [1.54, 1.807) is 30.5 Å². The molecule has 3 aromatic rings. The van der Waals surface area contributed by atoms with Gasteiger partial charge in [-0.25, -0.2) is 14.2 Å². The van der Waals surface area contributed by atoms with E-state index in [0.717, 1.165) is 0 Å². The third-order valence-corrected chi connectivity index (χ3v) is 3.47. The maximum absolute atomic E-state index is 13.2. The molecular weight excluding hydrogens is 321 g/mol. The number of carbonyl (C=O) groups excluding carboxylic acids is 1. The lowest BCUT2D eigenvalue weighted by molar-refractivity contribution is 0.0594. The average molecular weight is 332 g/mol. The second kappa shape index (κ2) is 6.18. The highest BCUT2D eigenvalue weighted by Crippen LogP contribution is 2.26. The van der Waals surface area contributed by atoms with Gasteiger partial charge in [0.2, 0.25) is 0 Å². The average Bonchev–Trinajstić information content (AvgIpc) is 2.57. The lowest BCUT2D eigenvalue weighted by Crippen LogP contribution is -2.05. The number of nitrogens with zero attached hydrogens (tertiary/aromatic N) is 2. The number of nitrogens with one attached hydrogen (secondary N) is 1. The van der Waals surface area contributed by atoms with Crippen LogP contribution in [0, 0.1) is 5.82 Å². The molecular formula is C16H11ClFN3O2. The van der Waals surface area contributed by atoms with Crippen LogP contribution >= 0.6 is 11.6 Å². The van der Waals surface area contributed by atoms with Crippen molar-refractivity contribution in [3.05, 3.63) is 59.1 Å². The van der Waals surface area contributed by atoms with Crippen LogP contribution in [0.15, 0.2) is 42.6 Å². The maximum Gasteiger partial charge on any atom is 0.356 e. The van der Waals surface area contributed by atoms with E-state index < -0.39 is 11.8 Å². The highest BCUT2D eigenvalue weighted by Gasteiger charge is 2.11. The molecule has 1 N–H and O–H groups in total. The van der Waals surface area contributed by atoms with Gasteiger partial charge in [0.15, 0.2) is 0 Å². The number of ether oxygens (including phenoxy) is 1. The third-order valence-electron chi connectivity index (χ3n) is 3.18. The van der Waals surface area contributed by atoms with Gasteiger partial charge >= 0.3 is 5.97 Å². The Hall–Kier alpha value is -2.73. The number of fused-ring (bicyclic) bond motifs is 1. The van der Waals surface area contributed by atoms with Crippen molar-refractivity contribution in [2.75, 3.05) is 12.4 Å². The number of hydrogen-bond donors (Lipinski definition) is 1. The van der Waals surface area contributed by atoms with E-state index in [1.165, 1.54) is 19.2 Å². The fourth-order valence-electron chi connectivity index (χ4n) is 2.07. The van der Waals surface area contributed by atoms with Gasteiger partial charge in [-0.15, -0.1) is 0 Å². The van der Waals surface area contributed by atoms with E-state index in [0.29, 0.717) is 22.4 Å². The van der Waals surface area contributed by atoms with Gasteiger partial charge in [0.25, 0.3) is 0 Å². The van der Waals surface area contributed by atoms with Crippen LogP contribution in [0.1, 0.15) is 10.5 Å². The summed E-state index contributed by atoms with van der Waals surface area (Å²) < 4.78 is 17.9. The lowest BCUT2D eigenvalue weighted by Gasteiger charge is -2.10. The summed E-state index contributed by atoms with van der Waals surface area (Å²) in [4.78, 5) is 20.1. The van der Waals surface area contributed by atoms with Crippen molar-refractivity contribution in [1.82, 2.24) is 9.97 Å². The summed E-state index contributed by atoms with van der Waals surface area (Å²) >= 11 is 5.78. The quantitative estimate of drug-likeness (QED) is 0.736. The SMILES string of the molecule is COC(=O)c1ccc2nccc(Nc3ccc(F)c(Cl)c3)c2n1. The van der Waals surface area contributed by atoms with Gasteiger partial charge in [-0.1, -0.05) is 11.6 Å². The summed E-state index contributed by atoms with van der Waals surface area (Å²) in [5.74, 6) is -1.03. The summed E-state index contributed by atoms with van der Waals surface area (Å²) in [7, 11) is 1.29. The standard InChI is InChI=1S/C16H11ClFN3O2/c1-23-16(22)14-5-4-12-15(21-14)13(6-7-19-12)20-9-2-3-11(18)10(17)8-9/h2-8H,1H3,(H,19,20). The van der Waals surface area contributed by atoms with Crippen molar-refractivity contribution >= 4 is 40.0 Å². The molecule has 2 aromatic heterocycles. The van der Waals surface area contributed by atoms with E-state index >= 15 is 0 Å². The second-order valence-electron chi connectivity index (χ2n) is 4.67. The molecule has 3 rings (SSSR count). The first-order valence-corrected chi connectivity index (χ1v) is 7.02. The molecule has 0 aliphatic carbocycles. The molecule has 0 bridgehead atoms. The van der Waals surface area contributed by atoms with Crippen molar-refractivity contribution in [2.24, 2.45) is 0 Å². The minimum atomic E-state index is -0.536. The van der Waals surface area contributed by atoms with E-state index in [4.69, 9.17) is 11.6 Å². The van der Waals surface area contributed by atoms with Crippen LogP contribution < -0.4 is 5.32 Å². The molecule has 0 atom stereocenters. The molecule has 0 aliphatic rings. The fraction of sp³-hybridized carbons (Fsp3) is 0.0625. The number of halogens is 2. The van der Waals surface area contributed by atoms with E-state index in [1.807, 2.05) is 0 Å². The van der Waals surface area contributed by atoms with Crippen molar-refractivity contribution in [2.45, 2.75) is 0 Å². The maximum atomic E-state index is 13.2. The summed E-state index contributed by atoms with van der Waals surface area (Å²) in [6, 6.07) is 9.21. The lowest BCUT2D eigenvalue weighted by atomic mass is 10.2. The summed E-state index contributed by atoms with van der Waals surface area (Å²) in [6.07, 6.45) is 1.61. The number of carbonyl (C=O) groups is 1. The molecule has 2 heterocycles. The normalized spacial score (nSPS) is 10.6. The summed E-state index contributed by atoms with van der Waals surface area (Å²) in [5, 5.41) is 3.10. The topological polar surface area (TPSA) is 64.1 Å². The predicted molar refractivity (Wildman–Crippen MR) is 85.6 cm³/mol. The number of pyridine rings is 2. The zero-order valence-corrected chi connectivity index (χ0v) is 12.8. The van der Waals surface area contributed by atoms with Crippen molar-refractivity contribution < 1.29 is 13.9 Å². The smallest absolute Gasteiger partial charge is 0.356 e. The number of anilines is 2. The molecule has 116 valence electrons. The Morgan fingerprint density at radius 1 is 1.26 bits per heavy atom. The minimum absolute atomic E-state index is 0.0107. The molecule has 0 radical (unpaired) electrons. The number of aromatic nitrogens is 2. The minimum Gasteiger partial charge on any atom is -0.464 e. The predicted octanol–water partition coefficient (Wildman–Crippen LogP) is 3.95. The van der Waals surface area contributed by atoms with Gasteiger partial charge in [0.05, 0.1) is 23.3 Å². The first kappa shape index (κ1) is 15.2. The highest BCUT2D eigenvalue weighted by molar-refractivity contribution is 6.31. The van der Waals surface area contributed by atoms with Crippen LogP contribution in [0.3, 0.4) is 0 Å². The highest BCUT2D eigenvalue weighted by atomic mass is 35.5. The molecule has 7 heteroatoms. The van der Waals surface area contributed by atoms with E-state index in [-0.39, 0.29) is 10.7 Å². The molecule has 0 saturated carbocycles. The molecule has 23 heavy (non-hydrogen) atoms. The zero-order valence-electron chi connectivity index (χ0n) is 12.0. The Bertz CT molecular complexity index is 902. The van der Waals surface area contributed by atoms with Crippen molar-refractivity contribution in [3.8, 4) is 0 Å². The van der Waals surface area contributed by atoms with Crippen LogP contribution in [-0.2, 0) is 4.74 Å². The van der Waals surface area contributed by atoms with Crippen LogP contribution in [0.4, 0.5) is 15.8 Å². The van der Waals surface area contributed by atoms with Gasteiger partial charge in [0, 0.05) is 11.9 Å². The molecule has 1 aromatic carbocycles. The first-order valence-electron chi connectivity index (χ1n) is 6.64. The summed E-state index contributed by atoms with van der Waals surface area (Å²) in [6.45, 7) is 0.